The molecule has 0 aliphatic heterocycles. The first kappa shape index (κ1) is 15.1. The van der Waals surface area contributed by atoms with Crippen LogP contribution >= 0.6 is 0 Å². The standard InChI is InChI=1S/C16H15F2NO2/c1-10-7-14(18)12(8-13(10)17)16(21)19-15(9-20)11-5-3-2-4-6-11/h2-8,15,20H,9H2,1H3,(H,19,21)/t15-/m1/s1. The molecule has 0 spiro atoms. The highest BCUT2D eigenvalue weighted by Gasteiger charge is 2.19. The number of aliphatic hydroxyl groups is 1. The maximum atomic E-state index is 13.7. The van der Waals surface area contributed by atoms with Gasteiger partial charge in [-0.05, 0) is 30.2 Å². The normalized spacial score (nSPS) is 12.0. The second-order valence-corrected chi connectivity index (χ2v) is 4.70. The zero-order valence-electron chi connectivity index (χ0n) is 11.4. The number of carbonyl (C=O) groups is 1. The first-order chi connectivity index (χ1) is 10.0. The van der Waals surface area contributed by atoms with Crippen LogP contribution in [0.3, 0.4) is 0 Å². The van der Waals surface area contributed by atoms with E-state index in [1.54, 1.807) is 30.3 Å². The molecule has 0 aliphatic rings. The van der Waals surface area contributed by atoms with E-state index in [1.165, 1.54) is 6.92 Å². The smallest absolute Gasteiger partial charge is 0.254 e. The van der Waals surface area contributed by atoms with Gasteiger partial charge in [0.25, 0.3) is 5.91 Å². The molecule has 0 saturated heterocycles. The summed E-state index contributed by atoms with van der Waals surface area (Å²) in [5, 5.41) is 11.9. The number of amides is 1. The molecule has 0 radical (unpaired) electrons. The van der Waals surface area contributed by atoms with Crippen LogP contribution in [0.25, 0.3) is 0 Å². The second-order valence-electron chi connectivity index (χ2n) is 4.70. The van der Waals surface area contributed by atoms with Crippen LogP contribution in [0, 0.1) is 18.6 Å². The van der Waals surface area contributed by atoms with Gasteiger partial charge in [-0.25, -0.2) is 8.78 Å². The van der Waals surface area contributed by atoms with Crippen molar-refractivity contribution >= 4 is 5.91 Å². The predicted molar refractivity (Wildman–Crippen MR) is 74.8 cm³/mol. The number of carbonyl (C=O) groups excluding carboxylic acids is 1. The third-order valence-electron chi connectivity index (χ3n) is 3.18. The summed E-state index contributed by atoms with van der Waals surface area (Å²) in [4.78, 5) is 12.0. The van der Waals surface area contributed by atoms with Gasteiger partial charge in [0, 0.05) is 0 Å². The number of aliphatic hydroxyl groups excluding tert-OH is 1. The fourth-order valence-corrected chi connectivity index (χ4v) is 1.98. The maximum absolute atomic E-state index is 13.7. The summed E-state index contributed by atoms with van der Waals surface area (Å²) in [6.07, 6.45) is 0. The minimum Gasteiger partial charge on any atom is -0.394 e. The van der Waals surface area contributed by atoms with E-state index in [1.807, 2.05) is 0 Å². The molecule has 2 aromatic carbocycles. The fraction of sp³-hybridized carbons (Fsp3) is 0.188. The Morgan fingerprint density at radius 3 is 2.48 bits per heavy atom. The zero-order valence-corrected chi connectivity index (χ0v) is 11.4. The minimum atomic E-state index is -0.795. The molecule has 5 heteroatoms. The number of halogens is 2. The lowest BCUT2D eigenvalue weighted by atomic mass is 10.1. The largest absolute Gasteiger partial charge is 0.394 e. The average Bonchev–Trinajstić information content (AvgIpc) is 2.49. The van der Waals surface area contributed by atoms with E-state index in [9.17, 15) is 18.7 Å². The first-order valence-electron chi connectivity index (χ1n) is 6.45. The number of aryl methyl sites for hydroxylation is 1. The third-order valence-corrected chi connectivity index (χ3v) is 3.18. The van der Waals surface area contributed by atoms with Gasteiger partial charge in [-0.1, -0.05) is 30.3 Å². The Balaban J connectivity index is 2.23. The van der Waals surface area contributed by atoms with Crippen molar-refractivity contribution in [3.05, 3.63) is 70.8 Å². The Labute approximate surface area is 121 Å². The van der Waals surface area contributed by atoms with Gasteiger partial charge in [0.1, 0.15) is 11.6 Å². The van der Waals surface area contributed by atoms with Crippen molar-refractivity contribution in [2.24, 2.45) is 0 Å². The summed E-state index contributed by atoms with van der Waals surface area (Å²) in [5.41, 5.74) is 0.430. The minimum absolute atomic E-state index is 0.130. The average molecular weight is 291 g/mol. The number of nitrogens with one attached hydrogen (secondary N) is 1. The van der Waals surface area contributed by atoms with Crippen molar-refractivity contribution in [2.45, 2.75) is 13.0 Å². The molecule has 0 saturated carbocycles. The molecule has 0 aromatic heterocycles. The van der Waals surface area contributed by atoms with Crippen LogP contribution in [0.4, 0.5) is 8.78 Å². The van der Waals surface area contributed by atoms with Gasteiger partial charge in [-0.15, -0.1) is 0 Å². The highest BCUT2D eigenvalue weighted by molar-refractivity contribution is 5.94. The van der Waals surface area contributed by atoms with Crippen LogP contribution in [0.2, 0.25) is 0 Å². The number of hydrogen-bond donors (Lipinski definition) is 2. The molecule has 0 aliphatic carbocycles. The molecular weight excluding hydrogens is 276 g/mol. The van der Waals surface area contributed by atoms with E-state index in [0.29, 0.717) is 5.56 Å². The van der Waals surface area contributed by atoms with Crippen molar-refractivity contribution in [3.63, 3.8) is 0 Å². The Morgan fingerprint density at radius 2 is 1.86 bits per heavy atom. The summed E-state index contributed by atoms with van der Waals surface area (Å²) >= 11 is 0. The number of rotatable bonds is 4. The predicted octanol–water partition coefficient (Wildman–Crippen LogP) is 2.74. The molecule has 1 amide bonds. The van der Waals surface area contributed by atoms with Gasteiger partial charge < -0.3 is 10.4 Å². The van der Waals surface area contributed by atoms with Crippen molar-refractivity contribution in [2.75, 3.05) is 6.61 Å². The van der Waals surface area contributed by atoms with Crippen LogP contribution in [0.15, 0.2) is 42.5 Å². The Bertz CT molecular complexity index is 644. The lowest BCUT2D eigenvalue weighted by Crippen LogP contribution is -2.31. The van der Waals surface area contributed by atoms with Crippen LogP contribution in [0.5, 0.6) is 0 Å². The van der Waals surface area contributed by atoms with Gasteiger partial charge in [0.05, 0.1) is 18.2 Å². The van der Waals surface area contributed by atoms with Gasteiger partial charge >= 0.3 is 0 Å². The molecule has 21 heavy (non-hydrogen) atoms. The van der Waals surface area contributed by atoms with Crippen molar-refractivity contribution in [1.29, 1.82) is 0 Å². The summed E-state index contributed by atoms with van der Waals surface area (Å²) in [6, 6.07) is 9.93. The SMILES string of the molecule is Cc1cc(F)c(C(=O)N[C@H](CO)c2ccccc2)cc1F. The molecule has 3 nitrogen and oxygen atoms in total. The van der Waals surface area contributed by atoms with E-state index >= 15 is 0 Å². The summed E-state index contributed by atoms with van der Waals surface area (Å²) < 4.78 is 27.2. The molecule has 0 fully saturated rings. The van der Waals surface area contributed by atoms with E-state index in [4.69, 9.17) is 0 Å². The highest BCUT2D eigenvalue weighted by Crippen LogP contribution is 2.17. The molecule has 0 bridgehead atoms. The summed E-state index contributed by atoms with van der Waals surface area (Å²) in [6.45, 7) is 1.08. The van der Waals surface area contributed by atoms with Crippen molar-refractivity contribution in [1.82, 2.24) is 5.32 Å². The molecule has 1 atom stereocenters. The van der Waals surface area contributed by atoms with Gasteiger partial charge in [0.2, 0.25) is 0 Å². The molecule has 2 rings (SSSR count). The summed E-state index contributed by atoms with van der Waals surface area (Å²) in [5.74, 6) is -2.22. The van der Waals surface area contributed by atoms with Crippen LogP contribution in [-0.4, -0.2) is 17.6 Å². The quantitative estimate of drug-likeness (QED) is 0.910. The van der Waals surface area contributed by atoms with Gasteiger partial charge in [-0.2, -0.15) is 0 Å². The van der Waals surface area contributed by atoms with Crippen LogP contribution in [0.1, 0.15) is 27.5 Å². The van der Waals surface area contributed by atoms with Crippen LogP contribution < -0.4 is 5.32 Å². The zero-order chi connectivity index (χ0) is 15.4. The van der Waals surface area contributed by atoms with Crippen LogP contribution in [-0.2, 0) is 0 Å². The molecule has 0 unspecified atom stereocenters. The van der Waals surface area contributed by atoms with Crippen molar-refractivity contribution < 1.29 is 18.7 Å². The van der Waals surface area contributed by atoms with E-state index in [2.05, 4.69) is 5.32 Å². The monoisotopic (exact) mass is 291 g/mol. The van der Waals surface area contributed by atoms with Gasteiger partial charge in [0.15, 0.2) is 0 Å². The third kappa shape index (κ3) is 3.44. The van der Waals surface area contributed by atoms with E-state index < -0.39 is 23.6 Å². The second kappa shape index (κ2) is 6.45. The molecule has 2 aromatic rings. The van der Waals surface area contributed by atoms with E-state index in [-0.39, 0.29) is 17.7 Å². The number of benzene rings is 2. The number of hydrogen-bond acceptors (Lipinski definition) is 2. The topological polar surface area (TPSA) is 49.3 Å². The fourth-order valence-electron chi connectivity index (χ4n) is 1.98. The molecule has 110 valence electrons. The maximum Gasteiger partial charge on any atom is 0.254 e. The van der Waals surface area contributed by atoms with E-state index in [0.717, 1.165) is 12.1 Å². The lowest BCUT2D eigenvalue weighted by molar-refractivity contribution is 0.0911. The highest BCUT2D eigenvalue weighted by atomic mass is 19.1. The molecular formula is C16H15F2NO2. The van der Waals surface area contributed by atoms with Gasteiger partial charge in [-0.3, -0.25) is 4.79 Å². The van der Waals surface area contributed by atoms with Crippen molar-refractivity contribution in [3.8, 4) is 0 Å². The first-order valence-corrected chi connectivity index (χ1v) is 6.45. The Hall–Kier alpha value is -2.27. The molecule has 0 heterocycles. The summed E-state index contributed by atoms with van der Waals surface area (Å²) in [7, 11) is 0. The molecule has 2 N–H and O–H groups in total. The lowest BCUT2D eigenvalue weighted by Gasteiger charge is -2.17. The Morgan fingerprint density at radius 1 is 1.19 bits per heavy atom. The Kier molecular flexibility index (Phi) is 4.65.